The largest absolute Gasteiger partial charge is 0.340 e. The Morgan fingerprint density at radius 1 is 0.800 bits per heavy atom. The lowest BCUT2D eigenvalue weighted by atomic mass is 10.1. The third-order valence-electron chi connectivity index (χ3n) is 3.81. The van der Waals surface area contributed by atoms with Crippen molar-refractivity contribution < 1.29 is 4.39 Å². The Bertz CT molecular complexity index is 1030. The van der Waals surface area contributed by atoms with Gasteiger partial charge >= 0.3 is 0 Å². The van der Waals surface area contributed by atoms with Crippen molar-refractivity contribution in [2.24, 2.45) is 0 Å². The van der Waals surface area contributed by atoms with Gasteiger partial charge in [0, 0.05) is 21.7 Å². The van der Waals surface area contributed by atoms with Crippen LogP contribution in [0.25, 0.3) is 22.3 Å². The molecule has 4 aromatic rings. The third kappa shape index (κ3) is 3.30. The SMILES string of the molecule is Fc1ccc(-c2nc(Nc3ccc(Cl)cc3)c3ccccc3n2)cc1. The van der Waals surface area contributed by atoms with Crippen LogP contribution in [0, 0.1) is 5.82 Å². The summed E-state index contributed by atoms with van der Waals surface area (Å²) in [5.41, 5.74) is 2.44. The van der Waals surface area contributed by atoms with Crippen molar-refractivity contribution in [2.75, 3.05) is 5.32 Å². The summed E-state index contributed by atoms with van der Waals surface area (Å²) in [4.78, 5) is 9.24. The average molecular weight is 350 g/mol. The summed E-state index contributed by atoms with van der Waals surface area (Å²) >= 11 is 5.94. The van der Waals surface area contributed by atoms with Gasteiger partial charge in [-0.1, -0.05) is 23.7 Å². The summed E-state index contributed by atoms with van der Waals surface area (Å²) in [7, 11) is 0. The highest BCUT2D eigenvalue weighted by Gasteiger charge is 2.10. The molecule has 25 heavy (non-hydrogen) atoms. The zero-order valence-corrected chi connectivity index (χ0v) is 13.8. The van der Waals surface area contributed by atoms with Crippen molar-refractivity contribution in [3.8, 4) is 11.4 Å². The molecule has 0 unspecified atom stereocenters. The molecule has 0 radical (unpaired) electrons. The first-order valence-electron chi connectivity index (χ1n) is 7.74. The van der Waals surface area contributed by atoms with Gasteiger partial charge in [-0.25, -0.2) is 14.4 Å². The lowest BCUT2D eigenvalue weighted by molar-refractivity contribution is 0.628. The van der Waals surface area contributed by atoms with Crippen molar-refractivity contribution in [3.05, 3.63) is 83.6 Å². The van der Waals surface area contributed by atoms with Crippen molar-refractivity contribution in [3.63, 3.8) is 0 Å². The topological polar surface area (TPSA) is 37.8 Å². The molecule has 1 heterocycles. The van der Waals surface area contributed by atoms with Crippen LogP contribution in [0.3, 0.4) is 0 Å². The summed E-state index contributed by atoms with van der Waals surface area (Å²) in [5, 5.41) is 4.89. The maximum Gasteiger partial charge on any atom is 0.162 e. The molecule has 4 rings (SSSR count). The van der Waals surface area contributed by atoms with Gasteiger partial charge in [-0.2, -0.15) is 0 Å². The molecule has 1 aromatic heterocycles. The highest BCUT2D eigenvalue weighted by Crippen LogP contribution is 2.27. The second-order valence-electron chi connectivity index (χ2n) is 5.55. The third-order valence-corrected chi connectivity index (χ3v) is 4.06. The number of benzene rings is 3. The van der Waals surface area contributed by atoms with E-state index in [1.165, 1.54) is 12.1 Å². The van der Waals surface area contributed by atoms with Crippen molar-refractivity contribution >= 4 is 34.0 Å². The van der Waals surface area contributed by atoms with Gasteiger partial charge in [0.25, 0.3) is 0 Å². The van der Waals surface area contributed by atoms with E-state index in [2.05, 4.69) is 15.3 Å². The molecule has 0 aliphatic heterocycles. The lowest BCUT2D eigenvalue weighted by Crippen LogP contribution is -1.99. The van der Waals surface area contributed by atoms with Crippen LogP contribution in [-0.2, 0) is 0 Å². The van der Waals surface area contributed by atoms with Crippen LogP contribution in [0.2, 0.25) is 5.02 Å². The first kappa shape index (κ1) is 15.5. The van der Waals surface area contributed by atoms with Gasteiger partial charge in [0.15, 0.2) is 5.82 Å². The molecule has 0 saturated heterocycles. The first-order valence-corrected chi connectivity index (χ1v) is 8.12. The Kier molecular flexibility index (Phi) is 4.04. The highest BCUT2D eigenvalue weighted by atomic mass is 35.5. The van der Waals surface area contributed by atoms with Gasteiger partial charge in [-0.3, -0.25) is 0 Å². The van der Waals surface area contributed by atoms with E-state index in [4.69, 9.17) is 11.6 Å². The van der Waals surface area contributed by atoms with E-state index < -0.39 is 0 Å². The quantitative estimate of drug-likeness (QED) is 0.505. The molecule has 5 heteroatoms. The standard InChI is InChI=1S/C20H13ClFN3/c21-14-7-11-16(12-8-14)23-20-17-3-1-2-4-18(17)24-19(25-20)13-5-9-15(22)10-6-13/h1-12H,(H,23,24,25). The van der Waals surface area contributed by atoms with Gasteiger partial charge in [-0.15, -0.1) is 0 Å². The minimum Gasteiger partial charge on any atom is -0.340 e. The van der Waals surface area contributed by atoms with Gasteiger partial charge in [0.05, 0.1) is 5.52 Å². The van der Waals surface area contributed by atoms with Gasteiger partial charge in [-0.05, 0) is 60.7 Å². The molecule has 122 valence electrons. The van der Waals surface area contributed by atoms with Crippen LogP contribution in [0.15, 0.2) is 72.8 Å². The van der Waals surface area contributed by atoms with E-state index >= 15 is 0 Å². The van der Waals surface area contributed by atoms with Gasteiger partial charge < -0.3 is 5.32 Å². The monoisotopic (exact) mass is 349 g/mol. The Labute approximate surface area is 149 Å². The van der Waals surface area contributed by atoms with E-state index in [0.29, 0.717) is 16.7 Å². The number of nitrogens with zero attached hydrogens (tertiary/aromatic N) is 2. The lowest BCUT2D eigenvalue weighted by Gasteiger charge is -2.11. The van der Waals surface area contributed by atoms with Gasteiger partial charge in [0.1, 0.15) is 11.6 Å². The molecular formula is C20H13ClFN3. The average Bonchev–Trinajstić information content (AvgIpc) is 2.64. The molecule has 1 N–H and O–H groups in total. The fraction of sp³-hybridized carbons (Fsp3) is 0. The number of fused-ring (bicyclic) bond motifs is 1. The highest BCUT2D eigenvalue weighted by molar-refractivity contribution is 6.30. The number of para-hydroxylation sites is 1. The molecular weight excluding hydrogens is 337 g/mol. The Morgan fingerprint density at radius 3 is 2.28 bits per heavy atom. The molecule has 0 amide bonds. The minimum atomic E-state index is -0.288. The van der Waals surface area contributed by atoms with Crippen LogP contribution in [-0.4, -0.2) is 9.97 Å². The van der Waals surface area contributed by atoms with Crippen LogP contribution < -0.4 is 5.32 Å². The van der Waals surface area contributed by atoms with Gasteiger partial charge in [0.2, 0.25) is 0 Å². The first-order chi connectivity index (χ1) is 12.2. The molecule has 0 fully saturated rings. The molecule has 0 atom stereocenters. The minimum absolute atomic E-state index is 0.288. The fourth-order valence-corrected chi connectivity index (χ4v) is 2.70. The van der Waals surface area contributed by atoms with Crippen molar-refractivity contribution in [1.82, 2.24) is 9.97 Å². The second kappa shape index (κ2) is 6.49. The summed E-state index contributed by atoms with van der Waals surface area (Å²) in [6.45, 7) is 0. The van der Waals surface area contributed by atoms with E-state index in [1.54, 1.807) is 12.1 Å². The number of hydrogen-bond donors (Lipinski definition) is 1. The van der Waals surface area contributed by atoms with E-state index in [1.807, 2.05) is 48.5 Å². The van der Waals surface area contributed by atoms with Crippen molar-refractivity contribution in [1.29, 1.82) is 0 Å². The molecule has 3 nitrogen and oxygen atoms in total. The molecule has 0 spiro atoms. The Morgan fingerprint density at radius 2 is 1.52 bits per heavy atom. The number of aromatic nitrogens is 2. The van der Waals surface area contributed by atoms with E-state index in [9.17, 15) is 4.39 Å². The van der Waals surface area contributed by atoms with Crippen LogP contribution in [0.4, 0.5) is 15.9 Å². The second-order valence-corrected chi connectivity index (χ2v) is 5.99. The van der Waals surface area contributed by atoms with Crippen LogP contribution in [0.5, 0.6) is 0 Å². The number of anilines is 2. The maximum atomic E-state index is 13.2. The summed E-state index contributed by atoms with van der Waals surface area (Å²) in [6.07, 6.45) is 0. The zero-order chi connectivity index (χ0) is 17.2. The normalized spacial score (nSPS) is 10.8. The molecule has 3 aromatic carbocycles. The summed E-state index contributed by atoms with van der Waals surface area (Å²) in [5.74, 6) is 0.937. The van der Waals surface area contributed by atoms with Crippen molar-refractivity contribution in [2.45, 2.75) is 0 Å². The van der Waals surface area contributed by atoms with Crippen LogP contribution >= 0.6 is 11.6 Å². The number of nitrogens with one attached hydrogen (secondary N) is 1. The number of hydrogen-bond acceptors (Lipinski definition) is 3. The summed E-state index contributed by atoms with van der Waals surface area (Å²) < 4.78 is 13.2. The predicted octanol–water partition coefficient (Wildman–Crippen LogP) is 5.83. The molecule has 0 aliphatic rings. The Hall–Kier alpha value is -2.98. The summed E-state index contributed by atoms with van der Waals surface area (Å²) in [6, 6.07) is 21.3. The van der Waals surface area contributed by atoms with E-state index in [0.717, 1.165) is 22.2 Å². The molecule has 0 bridgehead atoms. The molecule has 0 saturated carbocycles. The molecule has 0 aliphatic carbocycles. The fourth-order valence-electron chi connectivity index (χ4n) is 2.57. The predicted molar refractivity (Wildman–Crippen MR) is 99.7 cm³/mol. The van der Waals surface area contributed by atoms with E-state index in [-0.39, 0.29) is 5.82 Å². The Balaban J connectivity index is 1.83. The maximum absolute atomic E-state index is 13.2. The number of rotatable bonds is 3. The number of halogens is 2. The smallest absolute Gasteiger partial charge is 0.162 e. The zero-order valence-electron chi connectivity index (χ0n) is 13.1. The van der Waals surface area contributed by atoms with Crippen LogP contribution in [0.1, 0.15) is 0 Å².